The van der Waals surface area contributed by atoms with Crippen LogP contribution >= 0.6 is 0 Å². The third-order valence-electron chi connectivity index (χ3n) is 5.58. The summed E-state index contributed by atoms with van der Waals surface area (Å²) in [6.07, 6.45) is 1.73. The number of amides is 1. The number of nitrogens with zero attached hydrogens (tertiary/aromatic N) is 1. The predicted molar refractivity (Wildman–Crippen MR) is 124 cm³/mol. The number of aryl methyl sites for hydroxylation is 1. The summed E-state index contributed by atoms with van der Waals surface area (Å²) < 4.78 is 28.5. The van der Waals surface area contributed by atoms with Gasteiger partial charge in [0.05, 0.1) is 10.6 Å². The Hall–Kier alpha value is -3.12. The van der Waals surface area contributed by atoms with Crippen LogP contribution < -0.4 is 9.62 Å². The fourth-order valence-corrected chi connectivity index (χ4v) is 4.88. The second-order valence-corrected chi connectivity index (χ2v) is 9.78. The number of carbonyl (C=O) groups is 1. The van der Waals surface area contributed by atoms with Gasteiger partial charge in [-0.15, -0.1) is 0 Å². The Balaban J connectivity index is 1.62. The first-order valence-corrected chi connectivity index (χ1v) is 12.0. The van der Waals surface area contributed by atoms with Crippen LogP contribution in [0.1, 0.15) is 47.7 Å². The van der Waals surface area contributed by atoms with Crippen LogP contribution in [0.3, 0.4) is 0 Å². The van der Waals surface area contributed by atoms with Crippen LogP contribution in [0.25, 0.3) is 0 Å². The highest BCUT2D eigenvalue weighted by molar-refractivity contribution is 7.92. The van der Waals surface area contributed by atoms with E-state index in [0.29, 0.717) is 23.7 Å². The third-order valence-corrected chi connectivity index (χ3v) is 6.98. The fraction of sp³-hybridized carbons (Fsp3) is 0.240. The van der Waals surface area contributed by atoms with Crippen LogP contribution in [-0.4, -0.2) is 20.9 Å². The molecule has 1 heterocycles. The van der Waals surface area contributed by atoms with E-state index in [2.05, 4.69) is 18.6 Å². The number of anilines is 2. The molecule has 31 heavy (non-hydrogen) atoms. The van der Waals surface area contributed by atoms with E-state index in [4.69, 9.17) is 0 Å². The number of benzene rings is 3. The molecule has 0 unspecified atom stereocenters. The monoisotopic (exact) mass is 434 g/mol. The van der Waals surface area contributed by atoms with Crippen molar-refractivity contribution in [3.8, 4) is 0 Å². The second-order valence-electron chi connectivity index (χ2n) is 8.10. The SMILES string of the molecule is CC(C)c1ccc(S(=O)(=O)Nc2ccc3c(c2)N(C(=O)c2ccccc2)CCC3)cc1. The molecule has 0 fully saturated rings. The van der Waals surface area contributed by atoms with Gasteiger partial charge in [-0.1, -0.05) is 50.2 Å². The van der Waals surface area contributed by atoms with E-state index in [0.717, 1.165) is 29.7 Å². The summed E-state index contributed by atoms with van der Waals surface area (Å²) in [7, 11) is -3.73. The molecule has 6 heteroatoms. The van der Waals surface area contributed by atoms with Crippen molar-refractivity contribution in [3.05, 3.63) is 89.5 Å². The Morgan fingerprint density at radius 1 is 0.968 bits per heavy atom. The van der Waals surface area contributed by atoms with E-state index >= 15 is 0 Å². The van der Waals surface area contributed by atoms with Gasteiger partial charge in [-0.05, 0) is 66.3 Å². The minimum atomic E-state index is -3.73. The average molecular weight is 435 g/mol. The minimum Gasteiger partial charge on any atom is -0.308 e. The van der Waals surface area contributed by atoms with Crippen molar-refractivity contribution in [2.75, 3.05) is 16.2 Å². The largest absolute Gasteiger partial charge is 0.308 e. The van der Waals surface area contributed by atoms with Gasteiger partial charge in [0.25, 0.3) is 15.9 Å². The number of sulfonamides is 1. The first kappa shape index (κ1) is 21.1. The highest BCUT2D eigenvalue weighted by Crippen LogP contribution is 2.32. The zero-order chi connectivity index (χ0) is 22.0. The fourth-order valence-electron chi connectivity index (χ4n) is 3.83. The first-order chi connectivity index (χ1) is 14.8. The number of hydrogen-bond donors (Lipinski definition) is 1. The lowest BCUT2D eigenvalue weighted by molar-refractivity contribution is 0.0985. The van der Waals surface area contributed by atoms with Crippen LogP contribution in [0, 0.1) is 0 Å². The molecule has 1 aliphatic rings. The number of rotatable bonds is 5. The summed E-state index contributed by atoms with van der Waals surface area (Å²) in [6, 6.07) is 21.5. The van der Waals surface area contributed by atoms with E-state index in [1.807, 2.05) is 36.4 Å². The molecule has 5 nitrogen and oxygen atoms in total. The highest BCUT2D eigenvalue weighted by Gasteiger charge is 2.24. The van der Waals surface area contributed by atoms with Gasteiger partial charge in [0.1, 0.15) is 0 Å². The van der Waals surface area contributed by atoms with Crippen LogP contribution in [0.15, 0.2) is 77.7 Å². The zero-order valence-corrected chi connectivity index (χ0v) is 18.5. The summed E-state index contributed by atoms with van der Waals surface area (Å²) >= 11 is 0. The molecule has 3 aromatic carbocycles. The normalized spacial score (nSPS) is 13.7. The zero-order valence-electron chi connectivity index (χ0n) is 17.7. The minimum absolute atomic E-state index is 0.0779. The smallest absolute Gasteiger partial charge is 0.261 e. The predicted octanol–water partition coefficient (Wildman–Crippen LogP) is 5.20. The van der Waals surface area contributed by atoms with Crippen molar-refractivity contribution in [1.29, 1.82) is 0 Å². The molecule has 4 rings (SSSR count). The molecule has 1 amide bonds. The van der Waals surface area contributed by atoms with Crippen LogP contribution in [0.2, 0.25) is 0 Å². The Kier molecular flexibility index (Phi) is 5.83. The van der Waals surface area contributed by atoms with E-state index in [-0.39, 0.29) is 10.8 Å². The summed E-state index contributed by atoms with van der Waals surface area (Å²) in [5.74, 6) is 0.254. The van der Waals surface area contributed by atoms with Crippen LogP contribution in [-0.2, 0) is 16.4 Å². The van der Waals surface area contributed by atoms with E-state index in [9.17, 15) is 13.2 Å². The molecule has 0 bridgehead atoms. The van der Waals surface area contributed by atoms with Gasteiger partial charge in [0.2, 0.25) is 0 Å². The van der Waals surface area contributed by atoms with Crippen LogP contribution in [0.5, 0.6) is 0 Å². The maximum absolute atomic E-state index is 13.1. The molecule has 0 spiro atoms. The lowest BCUT2D eigenvalue weighted by atomic mass is 10.00. The molecule has 1 aliphatic heterocycles. The Morgan fingerprint density at radius 2 is 1.68 bits per heavy atom. The third kappa shape index (κ3) is 4.49. The Labute approximate surface area is 183 Å². The van der Waals surface area contributed by atoms with Crippen LogP contribution in [0.4, 0.5) is 11.4 Å². The number of hydrogen-bond acceptors (Lipinski definition) is 3. The Morgan fingerprint density at radius 3 is 2.35 bits per heavy atom. The Bertz CT molecular complexity index is 1190. The molecule has 0 atom stereocenters. The van der Waals surface area contributed by atoms with Gasteiger partial charge >= 0.3 is 0 Å². The summed E-state index contributed by atoms with van der Waals surface area (Å²) in [5, 5.41) is 0. The first-order valence-electron chi connectivity index (χ1n) is 10.5. The second kappa shape index (κ2) is 8.55. The molecule has 0 radical (unpaired) electrons. The van der Waals surface area contributed by atoms with Crippen molar-refractivity contribution in [2.45, 2.75) is 37.5 Å². The molecular weight excluding hydrogens is 408 g/mol. The maximum atomic E-state index is 13.1. The van der Waals surface area contributed by atoms with Gasteiger partial charge in [0.15, 0.2) is 0 Å². The molecule has 160 valence electrons. The van der Waals surface area contributed by atoms with Crippen molar-refractivity contribution >= 4 is 27.3 Å². The standard InChI is InChI=1S/C25H26N2O3S/c1-18(2)19-11-14-23(15-12-19)31(29,30)26-22-13-10-20-9-6-16-27(24(20)17-22)25(28)21-7-4-3-5-8-21/h3-5,7-8,10-15,17-18,26H,6,9,16H2,1-2H3. The van der Waals surface area contributed by atoms with Crippen molar-refractivity contribution < 1.29 is 13.2 Å². The van der Waals surface area contributed by atoms with Crippen molar-refractivity contribution in [1.82, 2.24) is 0 Å². The van der Waals surface area contributed by atoms with E-state index in [1.54, 1.807) is 41.3 Å². The summed E-state index contributed by atoms with van der Waals surface area (Å²) in [4.78, 5) is 15.0. The van der Waals surface area contributed by atoms with E-state index in [1.165, 1.54) is 0 Å². The summed E-state index contributed by atoms with van der Waals surface area (Å²) in [5.41, 5.74) is 3.95. The van der Waals surface area contributed by atoms with E-state index < -0.39 is 10.0 Å². The van der Waals surface area contributed by atoms with Gasteiger partial charge < -0.3 is 4.90 Å². The van der Waals surface area contributed by atoms with Gasteiger partial charge in [-0.2, -0.15) is 0 Å². The van der Waals surface area contributed by atoms with Crippen molar-refractivity contribution in [3.63, 3.8) is 0 Å². The number of nitrogens with one attached hydrogen (secondary N) is 1. The summed E-state index contributed by atoms with van der Waals surface area (Å²) in [6.45, 7) is 4.74. The molecule has 1 N–H and O–H groups in total. The molecule has 0 aliphatic carbocycles. The number of carbonyl (C=O) groups excluding carboxylic acids is 1. The quantitative estimate of drug-likeness (QED) is 0.600. The molecule has 0 aromatic heterocycles. The molecule has 0 saturated carbocycles. The van der Waals surface area contributed by atoms with Gasteiger partial charge in [-0.25, -0.2) is 8.42 Å². The van der Waals surface area contributed by atoms with Gasteiger partial charge in [-0.3, -0.25) is 9.52 Å². The van der Waals surface area contributed by atoms with Crippen molar-refractivity contribution in [2.24, 2.45) is 0 Å². The lowest BCUT2D eigenvalue weighted by Gasteiger charge is -2.30. The molecule has 3 aromatic rings. The molecule has 0 saturated heterocycles. The topological polar surface area (TPSA) is 66.5 Å². The number of fused-ring (bicyclic) bond motifs is 1. The molecular formula is C25H26N2O3S. The lowest BCUT2D eigenvalue weighted by Crippen LogP contribution is -2.35. The maximum Gasteiger partial charge on any atom is 0.261 e. The van der Waals surface area contributed by atoms with Gasteiger partial charge in [0, 0.05) is 17.8 Å². The average Bonchev–Trinajstić information content (AvgIpc) is 2.78. The highest BCUT2D eigenvalue weighted by atomic mass is 32.2.